The van der Waals surface area contributed by atoms with Gasteiger partial charge in [-0.05, 0) is 43.2 Å². The number of nitro groups is 1. The summed E-state index contributed by atoms with van der Waals surface area (Å²) >= 11 is 0. The Morgan fingerprint density at radius 2 is 1.19 bits per heavy atom. The van der Waals surface area contributed by atoms with E-state index in [0.717, 1.165) is 16.8 Å². The number of rotatable bonds is 3. The number of benzene rings is 2. The van der Waals surface area contributed by atoms with Gasteiger partial charge in [0.05, 0.1) is 10.6 Å². The normalized spacial score (nSPS) is 10.1. The Balaban J connectivity index is 0.000000179. The molecule has 0 aliphatic rings. The maximum Gasteiger partial charge on any atom is 0.271 e. The summed E-state index contributed by atoms with van der Waals surface area (Å²) < 4.78 is 3.04. The molecular weight excluding hydrogens is 394 g/mol. The summed E-state index contributed by atoms with van der Waals surface area (Å²) in [6.07, 6.45) is 3.50. The molecule has 2 aromatic heterocycles. The smallest absolute Gasteiger partial charge is 0.271 e. The van der Waals surface area contributed by atoms with Gasteiger partial charge in [0.15, 0.2) is 0 Å². The van der Waals surface area contributed by atoms with Crippen LogP contribution in [0.3, 0.4) is 0 Å². The van der Waals surface area contributed by atoms with Crippen LogP contribution in [0.5, 0.6) is 0 Å². The van der Waals surface area contributed by atoms with Crippen LogP contribution >= 0.6 is 0 Å². The first-order valence-electron chi connectivity index (χ1n) is 9.54. The van der Waals surface area contributed by atoms with Crippen molar-refractivity contribution in [2.75, 3.05) is 0 Å². The molecule has 0 aliphatic carbocycles. The van der Waals surface area contributed by atoms with Crippen molar-refractivity contribution in [3.63, 3.8) is 0 Å². The van der Waals surface area contributed by atoms with Crippen molar-refractivity contribution in [3.8, 4) is 11.4 Å². The zero-order valence-corrected chi connectivity index (χ0v) is 17.1. The van der Waals surface area contributed by atoms with Gasteiger partial charge < -0.3 is 0 Å². The maximum atomic E-state index is 11.6. The van der Waals surface area contributed by atoms with Crippen molar-refractivity contribution in [2.24, 2.45) is 0 Å². The quantitative estimate of drug-likeness (QED) is 0.371. The third kappa shape index (κ3) is 5.42. The van der Waals surface area contributed by atoms with Gasteiger partial charge in [0.1, 0.15) is 0 Å². The molecule has 0 bridgehead atoms. The lowest BCUT2D eigenvalue weighted by Crippen LogP contribution is -2.16. The van der Waals surface area contributed by atoms with Crippen LogP contribution in [0.4, 0.5) is 5.69 Å². The average Bonchev–Trinajstić information content (AvgIpc) is 2.78. The van der Waals surface area contributed by atoms with Gasteiger partial charge in [-0.25, -0.2) is 0 Å². The van der Waals surface area contributed by atoms with Crippen LogP contribution in [0.15, 0.2) is 101 Å². The van der Waals surface area contributed by atoms with Gasteiger partial charge in [-0.3, -0.25) is 28.8 Å². The number of para-hydroxylation sites is 1. The molecule has 0 N–H and O–H groups in total. The molecule has 31 heavy (non-hydrogen) atoms. The summed E-state index contributed by atoms with van der Waals surface area (Å²) in [6.45, 7) is 3.83. The molecule has 7 heteroatoms. The summed E-state index contributed by atoms with van der Waals surface area (Å²) in [5.41, 5.74) is 3.15. The lowest BCUT2D eigenvalue weighted by atomic mass is 10.2. The number of hydrogen-bond acceptors (Lipinski definition) is 4. The second-order valence-corrected chi connectivity index (χ2v) is 6.94. The number of aryl methyl sites for hydroxylation is 2. The van der Waals surface area contributed by atoms with Gasteiger partial charge in [0, 0.05) is 42.3 Å². The molecule has 0 amide bonds. The highest BCUT2D eigenvalue weighted by Crippen LogP contribution is 2.15. The van der Waals surface area contributed by atoms with Crippen LogP contribution in [0.1, 0.15) is 11.1 Å². The summed E-state index contributed by atoms with van der Waals surface area (Å²) in [7, 11) is 0. The van der Waals surface area contributed by atoms with Crippen molar-refractivity contribution in [3.05, 3.63) is 133 Å². The van der Waals surface area contributed by atoms with Crippen LogP contribution < -0.4 is 11.1 Å². The molecule has 2 heterocycles. The standard InChI is InChI=1S/C12H10N2O3.C12H11NO/c1-9-5-6-12(15)13(8-9)10-3-2-4-11(7-10)14(16)17;1-10-7-8-12(14)13(9-10)11-5-3-2-4-6-11/h2-8H,1H3;2-9H,1H3. The van der Waals surface area contributed by atoms with Crippen LogP contribution in [0.25, 0.3) is 11.4 Å². The molecule has 2 aromatic carbocycles. The minimum Gasteiger partial charge on any atom is -0.284 e. The molecule has 0 saturated carbocycles. The monoisotopic (exact) mass is 415 g/mol. The highest BCUT2D eigenvalue weighted by molar-refractivity contribution is 5.43. The summed E-state index contributed by atoms with van der Waals surface area (Å²) in [5, 5.41) is 10.7. The largest absolute Gasteiger partial charge is 0.284 e. The highest BCUT2D eigenvalue weighted by atomic mass is 16.6. The number of hydrogen-bond donors (Lipinski definition) is 0. The van der Waals surface area contributed by atoms with Crippen LogP contribution in [0, 0.1) is 24.0 Å². The maximum absolute atomic E-state index is 11.6. The van der Waals surface area contributed by atoms with Crippen molar-refractivity contribution >= 4 is 5.69 Å². The topological polar surface area (TPSA) is 87.1 Å². The van der Waals surface area contributed by atoms with Crippen molar-refractivity contribution in [1.29, 1.82) is 0 Å². The molecule has 4 rings (SSSR count). The lowest BCUT2D eigenvalue weighted by molar-refractivity contribution is -0.384. The molecule has 7 nitrogen and oxygen atoms in total. The van der Waals surface area contributed by atoms with E-state index in [1.807, 2.05) is 56.4 Å². The predicted molar refractivity (Wildman–Crippen MR) is 120 cm³/mol. The van der Waals surface area contributed by atoms with E-state index < -0.39 is 4.92 Å². The molecule has 0 saturated heterocycles. The minimum atomic E-state index is -0.482. The fourth-order valence-corrected chi connectivity index (χ4v) is 2.94. The molecule has 0 radical (unpaired) electrons. The van der Waals surface area contributed by atoms with Crippen molar-refractivity contribution in [1.82, 2.24) is 9.13 Å². The lowest BCUT2D eigenvalue weighted by Gasteiger charge is -2.05. The van der Waals surface area contributed by atoms with E-state index in [1.54, 1.807) is 35.0 Å². The van der Waals surface area contributed by atoms with E-state index in [0.29, 0.717) is 5.69 Å². The average molecular weight is 415 g/mol. The molecule has 0 atom stereocenters. The van der Waals surface area contributed by atoms with Gasteiger partial charge in [-0.1, -0.05) is 36.4 Å². The Hall–Kier alpha value is -4.26. The minimum absolute atomic E-state index is 0.00167. The summed E-state index contributed by atoms with van der Waals surface area (Å²) in [4.78, 5) is 33.4. The zero-order chi connectivity index (χ0) is 22.4. The first-order chi connectivity index (χ1) is 14.8. The third-order valence-corrected chi connectivity index (χ3v) is 4.47. The fraction of sp³-hybridized carbons (Fsp3) is 0.0833. The van der Waals surface area contributed by atoms with E-state index in [2.05, 4.69) is 0 Å². The number of nitrogens with zero attached hydrogens (tertiary/aromatic N) is 3. The molecule has 0 unspecified atom stereocenters. The second-order valence-electron chi connectivity index (χ2n) is 6.94. The van der Waals surface area contributed by atoms with E-state index in [-0.39, 0.29) is 16.8 Å². The number of pyridine rings is 2. The molecule has 156 valence electrons. The van der Waals surface area contributed by atoms with Gasteiger partial charge in [-0.2, -0.15) is 0 Å². The first-order valence-corrected chi connectivity index (χ1v) is 9.54. The molecule has 0 spiro atoms. The van der Waals surface area contributed by atoms with E-state index in [1.165, 1.54) is 22.8 Å². The summed E-state index contributed by atoms with van der Waals surface area (Å²) in [5.74, 6) is 0. The Morgan fingerprint density at radius 3 is 1.74 bits per heavy atom. The van der Waals surface area contributed by atoms with E-state index >= 15 is 0 Å². The third-order valence-electron chi connectivity index (χ3n) is 4.47. The van der Waals surface area contributed by atoms with E-state index in [9.17, 15) is 19.7 Å². The van der Waals surface area contributed by atoms with Gasteiger partial charge >= 0.3 is 0 Å². The van der Waals surface area contributed by atoms with Crippen LogP contribution in [0.2, 0.25) is 0 Å². The molecule has 4 aromatic rings. The number of aromatic nitrogens is 2. The number of non-ortho nitro benzene ring substituents is 1. The van der Waals surface area contributed by atoms with E-state index in [4.69, 9.17) is 0 Å². The second kappa shape index (κ2) is 9.49. The molecule has 0 aliphatic heterocycles. The number of nitro benzene ring substituents is 1. The Morgan fingerprint density at radius 1 is 0.677 bits per heavy atom. The zero-order valence-electron chi connectivity index (χ0n) is 17.1. The van der Waals surface area contributed by atoms with Gasteiger partial charge in [0.25, 0.3) is 16.8 Å². The Labute approximate surface area is 178 Å². The van der Waals surface area contributed by atoms with Crippen molar-refractivity contribution < 1.29 is 4.92 Å². The Kier molecular flexibility index (Phi) is 6.57. The SMILES string of the molecule is Cc1ccc(=O)n(-c2cccc([N+](=O)[O-])c2)c1.Cc1ccc(=O)n(-c2ccccc2)c1. The van der Waals surface area contributed by atoms with Crippen LogP contribution in [-0.2, 0) is 0 Å². The first kappa shape index (κ1) is 21.4. The molecular formula is C24H21N3O4. The van der Waals surface area contributed by atoms with Gasteiger partial charge in [0.2, 0.25) is 0 Å². The fourth-order valence-electron chi connectivity index (χ4n) is 2.94. The van der Waals surface area contributed by atoms with Crippen LogP contribution in [-0.4, -0.2) is 14.1 Å². The Bertz CT molecular complexity index is 1320. The highest BCUT2D eigenvalue weighted by Gasteiger charge is 2.07. The predicted octanol–water partition coefficient (Wildman–Crippen LogP) is 4.20. The van der Waals surface area contributed by atoms with Crippen molar-refractivity contribution in [2.45, 2.75) is 13.8 Å². The van der Waals surface area contributed by atoms with Gasteiger partial charge in [-0.15, -0.1) is 0 Å². The molecule has 0 fully saturated rings. The summed E-state index contributed by atoms with van der Waals surface area (Å²) in [6, 6.07) is 22.1.